The fraction of sp³-hybridized carbons (Fsp3) is 0.600. The first-order valence-electron chi connectivity index (χ1n) is 17.0. The summed E-state index contributed by atoms with van der Waals surface area (Å²) in [5, 5.41) is 4.35. The predicted molar refractivity (Wildman–Crippen MR) is 180 cm³/mol. The Bertz CT molecular complexity index is 1550. The lowest BCUT2D eigenvalue weighted by Crippen LogP contribution is -2.69. The summed E-state index contributed by atoms with van der Waals surface area (Å²) < 4.78 is 21.2. The van der Waals surface area contributed by atoms with Crippen LogP contribution in [0.2, 0.25) is 0 Å². The number of amides is 3. The summed E-state index contributed by atoms with van der Waals surface area (Å²) in [5.41, 5.74) is 4.73. The minimum atomic E-state index is -1.02. The normalized spacial score (nSPS) is 28.9. The number of hydrogen-bond acceptors (Lipinski definition) is 8. The van der Waals surface area contributed by atoms with E-state index in [4.69, 9.17) is 19.2 Å². The van der Waals surface area contributed by atoms with Gasteiger partial charge >= 0.3 is 0 Å². The van der Waals surface area contributed by atoms with E-state index < -0.39 is 23.7 Å². The number of nitrogens with one attached hydrogen (secondary N) is 2. The number of aromatic nitrogens is 1. The van der Waals surface area contributed by atoms with Gasteiger partial charge in [-0.25, -0.2) is 4.98 Å². The highest BCUT2D eigenvalue weighted by Gasteiger charge is 2.61. The molecule has 0 radical (unpaired) electrons. The highest BCUT2D eigenvalue weighted by Crippen LogP contribution is 2.46. The van der Waals surface area contributed by atoms with E-state index in [9.17, 15) is 14.4 Å². The summed E-state index contributed by atoms with van der Waals surface area (Å²) in [7, 11) is 1.62. The summed E-state index contributed by atoms with van der Waals surface area (Å²) in [6.45, 7) is 6.04. The molecular formula is C35H48N5O6S+. The van der Waals surface area contributed by atoms with Gasteiger partial charge in [0.25, 0.3) is 11.8 Å². The van der Waals surface area contributed by atoms with Crippen LogP contribution in [-0.4, -0.2) is 76.3 Å². The van der Waals surface area contributed by atoms with Crippen molar-refractivity contribution >= 4 is 40.6 Å². The molecule has 11 nitrogen and oxygen atoms in total. The maximum atomic E-state index is 14.1. The van der Waals surface area contributed by atoms with Gasteiger partial charge in [0.15, 0.2) is 6.04 Å². The van der Waals surface area contributed by atoms with Crippen molar-refractivity contribution in [1.29, 1.82) is 0 Å². The monoisotopic (exact) mass is 666 g/mol. The van der Waals surface area contributed by atoms with Gasteiger partial charge in [0, 0.05) is 41.0 Å². The van der Waals surface area contributed by atoms with Crippen LogP contribution in [-0.2, 0) is 14.4 Å². The molecule has 2 aliphatic carbocycles. The van der Waals surface area contributed by atoms with Gasteiger partial charge in [-0.05, 0) is 83.4 Å². The van der Waals surface area contributed by atoms with Crippen LogP contribution in [0.25, 0.3) is 10.9 Å². The Kier molecular flexibility index (Phi) is 9.89. The van der Waals surface area contributed by atoms with Gasteiger partial charge < -0.3 is 30.2 Å². The number of carbonyl (C=O) groups is 3. The van der Waals surface area contributed by atoms with E-state index in [0.29, 0.717) is 41.0 Å². The third-order valence-corrected chi connectivity index (χ3v) is 10.7. The summed E-state index contributed by atoms with van der Waals surface area (Å²) in [6, 6.07) is 4.28. The lowest BCUT2D eigenvalue weighted by atomic mass is 10.1. The Hall–Kier alpha value is -3.51. The number of carbonyl (C=O) groups excluding carboxylic acids is 3. The summed E-state index contributed by atoms with van der Waals surface area (Å²) >= 11 is 1.45. The summed E-state index contributed by atoms with van der Waals surface area (Å²) in [5.74, 6) is 0.924. The molecule has 1 aromatic heterocycles. The number of allylic oxidation sites excluding steroid dienone is 1. The highest BCUT2D eigenvalue weighted by molar-refractivity contribution is 7.98. The van der Waals surface area contributed by atoms with Crippen LogP contribution in [0.3, 0.4) is 0 Å². The van der Waals surface area contributed by atoms with Crippen molar-refractivity contribution < 1.29 is 34.3 Å². The molecule has 2 aliphatic heterocycles. The number of pyridine rings is 1. The number of benzene rings is 1. The van der Waals surface area contributed by atoms with Gasteiger partial charge in [-0.3, -0.25) is 19.1 Å². The molecule has 5 atom stereocenters. The van der Waals surface area contributed by atoms with Crippen molar-refractivity contribution in [3.8, 4) is 17.4 Å². The van der Waals surface area contributed by atoms with Crippen molar-refractivity contribution in [2.24, 2.45) is 5.92 Å². The van der Waals surface area contributed by atoms with Crippen molar-refractivity contribution in [2.45, 2.75) is 114 Å². The molecule has 254 valence electrons. The minimum absolute atomic E-state index is 0.0858. The summed E-state index contributed by atoms with van der Waals surface area (Å²) in [6.07, 6.45) is 11.1. The second-order valence-electron chi connectivity index (χ2n) is 13.7. The first kappa shape index (κ1) is 33.4. The number of fused-ring (bicyclic) bond motifs is 3. The first-order valence-corrected chi connectivity index (χ1v) is 17.9. The van der Waals surface area contributed by atoms with Gasteiger partial charge in [-0.15, -0.1) is 0 Å². The van der Waals surface area contributed by atoms with E-state index in [1.165, 1.54) is 11.9 Å². The number of nitrogens with zero attached hydrogens (tertiary/aromatic N) is 2. The van der Waals surface area contributed by atoms with Crippen molar-refractivity contribution in [1.82, 2.24) is 19.9 Å². The zero-order valence-electron chi connectivity index (χ0n) is 27.9. The third-order valence-electron chi connectivity index (χ3n) is 9.59. The molecule has 6 rings (SSSR count). The highest BCUT2D eigenvalue weighted by atomic mass is 32.2. The van der Waals surface area contributed by atoms with E-state index in [-0.39, 0.29) is 42.7 Å². The maximum absolute atomic E-state index is 14.1. The van der Waals surface area contributed by atoms with Crippen LogP contribution in [0.4, 0.5) is 0 Å². The quantitative estimate of drug-likeness (QED) is 0.286. The molecule has 0 unspecified atom stereocenters. The average Bonchev–Trinajstić information content (AvgIpc) is 3.95. The Morgan fingerprint density at radius 2 is 1.98 bits per heavy atom. The van der Waals surface area contributed by atoms with Crippen molar-refractivity contribution in [3.05, 3.63) is 35.9 Å². The molecule has 3 amide bonds. The molecule has 2 saturated carbocycles. The molecule has 1 saturated heterocycles. The van der Waals surface area contributed by atoms with Gasteiger partial charge in [0.05, 0.1) is 25.3 Å². The van der Waals surface area contributed by atoms with Crippen molar-refractivity contribution in [3.63, 3.8) is 0 Å². The molecule has 1 aromatic carbocycles. The molecule has 3 fully saturated rings. The van der Waals surface area contributed by atoms with E-state index in [2.05, 4.69) is 27.9 Å². The van der Waals surface area contributed by atoms with E-state index in [1.54, 1.807) is 18.1 Å². The lowest BCUT2D eigenvalue weighted by molar-refractivity contribution is -0.407. The first-order chi connectivity index (χ1) is 22.6. The third kappa shape index (κ3) is 7.33. The molecule has 0 bridgehead atoms. The Labute approximate surface area is 280 Å². The standard InChI is InChI=1S/C35H47N5O6S/c1-20(2)45-30-17-29(25-14-15-28(44-4)21(3)31(25)37-30)46-23-16-27-32(41)38-35(34(43)39-47-24-12-13-24)18-22(35)10-8-6-5-7-9-11-26(36)33(42)40(27)19-23/h8,10,14-15,17,20,22-24,26-27H,5-7,9,11-13,16,18-19,36H2,1-4H3,(H,38,41)(H,39,43)/p+1/b10-8-/t22-,23-,26+,27+,35-/m1/s1. The number of methoxy groups -OCH3 is 1. The summed E-state index contributed by atoms with van der Waals surface area (Å²) in [4.78, 5) is 47.9. The van der Waals surface area contributed by atoms with Crippen LogP contribution in [0.1, 0.15) is 77.2 Å². The Balaban J connectivity index is 1.29. The van der Waals surface area contributed by atoms with Crippen LogP contribution < -0.4 is 30.0 Å². The molecule has 2 aromatic rings. The number of hydrogen-bond donors (Lipinski definition) is 3. The van der Waals surface area contributed by atoms with Crippen LogP contribution in [0, 0.1) is 12.8 Å². The minimum Gasteiger partial charge on any atom is -0.496 e. The van der Waals surface area contributed by atoms with E-state index in [1.807, 2.05) is 32.9 Å². The SMILES string of the molecule is COc1ccc2c(O[C@@H]3C[C@H]4C(=O)N[C@]5(C(=O)NSC6CC6)C[C@H]5/C=C\CCCCC[C@H]([NH3+])C(=O)N4C3)cc(OC(C)C)nc2c1C. The predicted octanol–water partition coefficient (Wildman–Crippen LogP) is 3.62. The zero-order valence-corrected chi connectivity index (χ0v) is 28.7. The molecule has 47 heavy (non-hydrogen) atoms. The van der Waals surface area contributed by atoms with Gasteiger partial charge in [0.1, 0.15) is 29.2 Å². The second-order valence-corrected chi connectivity index (χ2v) is 14.8. The van der Waals surface area contributed by atoms with Crippen LogP contribution in [0.15, 0.2) is 30.4 Å². The fourth-order valence-electron chi connectivity index (χ4n) is 6.68. The maximum Gasteiger partial charge on any atom is 0.281 e. The number of quaternary nitrogens is 1. The molecule has 0 spiro atoms. The lowest BCUT2D eigenvalue weighted by Gasteiger charge is -2.27. The van der Waals surface area contributed by atoms with E-state index in [0.717, 1.165) is 49.5 Å². The smallest absolute Gasteiger partial charge is 0.281 e. The van der Waals surface area contributed by atoms with Gasteiger partial charge in [0.2, 0.25) is 11.8 Å². The van der Waals surface area contributed by atoms with Crippen LogP contribution >= 0.6 is 11.9 Å². The zero-order chi connectivity index (χ0) is 33.3. The Morgan fingerprint density at radius 1 is 1.17 bits per heavy atom. The second kappa shape index (κ2) is 13.9. The van der Waals surface area contributed by atoms with Gasteiger partial charge in [-0.1, -0.05) is 18.6 Å². The largest absolute Gasteiger partial charge is 0.496 e. The molecule has 5 N–H and O–H groups in total. The van der Waals surface area contributed by atoms with Crippen molar-refractivity contribution in [2.75, 3.05) is 13.7 Å². The number of rotatable bonds is 8. The number of ether oxygens (including phenoxy) is 3. The average molecular weight is 667 g/mol. The number of aryl methyl sites for hydroxylation is 1. The molecule has 3 heterocycles. The Morgan fingerprint density at radius 3 is 2.72 bits per heavy atom. The van der Waals surface area contributed by atoms with E-state index >= 15 is 0 Å². The van der Waals surface area contributed by atoms with Gasteiger partial charge in [-0.2, -0.15) is 0 Å². The van der Waals surface area contributed by atoms with Crippen LogP contribution in [0.5, 0.6) is 17.4 Å². The topological polar surface area (TPSA) is 147 Å². The molecule has 12 heteroatoms. The molecule has 4 aliphatic rings. The molecular weight excluding hydrogens is 618 g/mol. The fourth-order valence-corrected chi connectivity index (χ4v) is 7.51.